The summed E-state index contributed by atoms with van der Waals surface area (Å²) < 4.78 is 8.43. The number of hydrogen-bond acceptors (Lipinski definition) is 7. The molecule has 1 atom stereocenters. The Morgan fingerprint density at radius 2 is 1.93 bits per heavy atom. The number of benzene rings is 2. The summed E-state index contributed by atoms with van der Waals surface area (Å²) in [6, 6.07) is 15.7. The monoisotopic (exact) mass is 533 g/mol. The molecule has 5 aromatic rings. The lowest BCUT2D eigenvalue weighted by Crippen LogP contribution is -2.33. The molecule has 1 aliphatic rings. The molecule has 4 heterocycles. The molecule has 0 bridgehead atoms. The maximum Gasteiger partial charge on any atom is 0.267 e. The van der Waals surface area contributed by atoms with Crippen molar-refractivity contribution in [1.82, 2.24) is 29.5 Å². The zero-order chi connectivity index (χ0) is 27.6. The maximum atomic E-state index is 14.1. The lowest BCUT2D eigenvalue weighted by atomic mass is 10.00. The van der Waals surface area contributed by atoms with Gasteiger partial charge in [0.25, 0.3) is 11.5 Å². The number of carbonyl (C=O) groups is 1. The fourth-order valence-electron chi connectivity index (χ4n) is 4.95. The van der Waals surface area contributed by atoms with Crippen LogP contribution in [0.4, 0.5) is 5.82 Å². The summed E-state index contributed by atoms with van der Waals surface area (Å²) in [7, 11) is 0. The molecular weight excluding hydrogens is 506 g/mol. The van der Waals surface area contributed by atoms with E-state index in [2.05, 4.69) is 27.2 Å². The molecule has 0 saturated carbocycles. The molecular formula is C30H27N7O3. The fourth-order valence-corrected chi connectivity index (χ4v) is 4.95. The van der Waals surface area contributed by atoms with Crippen LogP contribution in [0.2, 0.25) is 0 Å². The molecule has 3 aromatic heterocycles. The van der Waals surface area contributed by atoms with E-state index in [1.807, 2.05) is 42.5 Å². The Hall–Kier alpha value is -5.01. The van der Waals surface area contributed by atoms with E-state index < -0.39 is 11.9 Å². The van der Waals surface area contributed by atoms with Gasteiger partial charge in [-0.1, -0.05) is 36.1 Å². The van der Waals surface area contributed by atoms with Gasteiger partial charge in [-0.2, -0.15) is 0 Å². The highest BCUT2D eigenvalue weighted by Gasteiger charge is 2.25. The van der Waals surface area contributed by atoms with Crippen molar-refractivity contribution in [2.45, 2.75) is 25.8 Å². The number of hydrogen-bond donors (Lipinski definition) is 2. The molecule has 6 rings (SSSR count). The molecule has 200 valence electrons. The number of rotatable bonds is 4. The van der Waals surface area contributed by atoms with Crippen LogP contribution < -0.4 is 16.6 Å². The summed E-state index contributed by atoms with van der Waals surface area (Å²) in [4.78, 5) is 36.7. The van der Waals surface area contributed by atoms with Gasteiger partial charge in [-0.05, 0) is 50.1 Å². The molecule has 1 saturated heterocycles. The molecule has 1 unspecified atom stereocenters. The molecule has 40 heavy (non-hydrogen) atoms. The highest BCUT2D eigenvalue weighted by molar-refractivity contribution is 6.04. The van der Waals surface area contributed by atoms with Crippen molar-refractivity contribution < 1.29 is 9.53 Å². The first-order valence-electron chi connectivity index (χ1n) is 13.1. The smallest absolute Gasteiger partial charge is 0.267 e. The Labute approximate surface area is 229 Å². The molecule has 2 aromatic carbocycles. The molecule has 0 aliphatic carbocycles. The number of nitrogen functional groups attached to an aromatic ring is 1. The highest BCUT2D eigenvalue weighted by atomic mass is 16.5. The Morgan fingerprint density at radius 3 is 2.73 bits per heavy atom. The standard InChI is InChI=1S/C30H27N7O3/c1-19(33-29(38)25-26(31)35-36-16-6-15-32-28(25)36)27-34-23-10-5-7-21(12-11-20-13-17-40-18-14-20)24(23)30(39)37(27)22-8-3-2-4-9-22/h2-10,15-16,19-20H,13-14,17-18H2,1H3,(H2,31,35)(H,33,38). The van der Waals surface area contributed by atoms with Crippen molar-refractivity contribution in [3.05, 3.63) is 94.3 Å². The van der Waals surface area contributed by atoms with Crippen LogP contribution in [0.25, 0.3) is 22.2 Å². The summed E-state index contributed by atoms with van der Waals surface area (Å²) in [5, 5.41) is 7.55. The first-order valence-corrected chi connectivity index (χ1v) is 13.1. The molecule has 10 nitrogen and oxygen atoms in total. The van der Waals surface area contributed by atoms with Gasteiger partial charge < -0.3 is 15.8 Å². The van der Waals surface area contributed by atoms with E-state index in [1.165, 1.54) is 9.08 Å². The van der Waals surface area contributed by atoms with E-state index in [4.69, 9.17) is 15.5 Å². The van der Waals surface area contributed by atoms with E-state index in [0.717, 1.165) is 12.8 Å². The Kier molecular flexibility index (Phi) is 6.72. The van der Waals surface area contributed by atoms with Crippen LogP contribution in [0.15, 0.2) is 71.8 Å². The van der Waals surface area contributed by atoms with Crippen LogP contribution in [-0.4, -0.2) is 43.3 Å². The zero-order valence-electron chi connectivity index (χ0n) is 21.9. The number of fused-ring (bicyclic) bond motifs is 2. The largest absolute Gasteiger partial charge is 0.381 e. The number of para-hydroxylation sites is 1. The number of amides is 1. The van der Waals surface area contributed by atoms with Crippen molar-refractivity contribution in [3.8, 4) is 17.5 Å². The van der Waals surface area contributed by atoms with Gasteiger partial charge in [0.2, 0.25) is 0 Å². The summed E-state index contributed by atoms with van der Waals surface area (Å²) >= 11 is 0. The second-order valence-corrected chi connectivity index (χ2v) is 9.65. The number of ether oxygens (including phenoxy) is 1. The number of anilines is 1. The summed E-state index contributed by atoms with van der Waals surface area (Å²) in [6.45, 7) is 3.16. The van der Waals surface area contributed by atoms with E-state index in [-0.39, 0.29) is 22.9 Å². The second kappa shape index (κ2) is 10.6. The molecule has 0 radical (unpaired) electrons. The fraction of sp³-hybridized carbons (Fsp3) is 0.233. The number of nitrogens with one attached hydrogen (secondary N) is 1. The van der Waals surface area contributed by atoms with Crippen LogP contribution in [0.3, 0.4) is 0 Å². The third kappa shape index (κ3) is 4.67. The molecule has 1 fully saturated rings. The zero-order valence-corrected chi connectivity index (χ0v) is 21.9. The van der Waals surface area contributed by atoms with Gasteiger partial charge in [0.15, 0.2) is 11.5 Å². The minimum absolute atomic E-state index is 0.0584. The minimum atomic E-state index is -0.667. The van der Waals surface area contributed by atoms with Gasteiger partial charge >= 0.3 is 0 Å². The predicted octanol–water partition coefficient (Wildman–Crippen LogP) is 3.28. The van der Waals surface area contributed by atoms with Crippen molar-refractivity contribution in [3.63, 3.8) is 0 Å². The van der Waals surface area contributed by atoms with Gasteiger partial charge in [-0.3, -0.25) is 14.2 Å². The van der Waals surface area contributed by atoms with E-state index in [1.54, 1.807) is 31.5 Å². The second-order valence-electron chi connectivity index (χ2n) is 9.65. The average Bonchev–Trinajstić information content (AvgIpc) is 3.32. The van der Waals surface area contributed by atoms with Crippen molar-refractivity contribution in [2.24, 2.45) is 5.92 Å². The molecule has 10 heteroatoms. The number of carbonyl (C=O) groups excluding carboxylic acids is 1. The van der Waals surface area contributed by atoms with Gasteiger partial charge in [-0.15, -0.1) is 5.10 Å². The van der Waals surface area contributed by atoms with Gasteiger partial charge in [0.1, 0.15) is 11.4 Å². The number of nitrogens with zero attached hydrogens (tertiary/aromatic N) is 5. The first kappa shape index (κ1) is 25.3. The Morgan fingerprint density at radius 1 is 1.12 bits per heavy atom. The maximum absolute atomic E-state index is 14.1. The number of nitrogens with two attached hydrogens (primary N) is 1. The lowest BCUT2D eigenvalue weighted by molar-refractivity contribution is 0.0807. The van der Waals surface area contributed by atoms with Gasteiger partial charge in [0.05, 0.1) is 22.6 Å². The van der Waals surface area contributed by atoms with E-state index in [0.29, 0.717) is 46.8 Å². The summed E-state index contributed by atoms with van der Waals surface area (Å²) in [5.74, 6) is 6.75. The lowest BCUT2D eigenvalue weighted by Gasteiger charge is -2.20. The molecule has 1 aliphatic heterocycles. The van der Waals surface area contributed by atoms with Crippen LogP contribution in [0.5, 0.6) is 0 Å². The third-order valence-electron chi connectivity index (χ3n) is 6.95. The highest BCUT2D eigenvalue weighted by Crippen LogP contribution is 2.22. The van der Waals surface area contributed by atoms with Crippen molar-refractivity contribution in [2.75, 3.05) is 18.9 Å². The molecule has 1 amide bonds. The quantitative estimate of drug-likeness (QED) is 0.339. The summed E-state index contributed by atoms with van der Waals surface area (Å²) in [5.41, 5.74) is 8.05. The van der Waals surface area contributed by atoms with Crippen molar-refractivity contribution >= 4 is 28.3 Å². The minimum Gasteiger partial charge on any atom is -0.381 e. The Bertz CT molecular complexity index is 1840. The topological polar surface area (TPSA) is 129 Å². The van der Waals surface area contributed by atoms with E-state index >= 15 is 0 Å². The van der Waals surface area contributed by atoms with Crippen LogP contribution in [-0.2, 0) is 4.74 Å². The third-order valence-corrected chi connectivity index (χ3v) is 6.95. The van der Waals surface area contributed by atoms with Crippen LogP contribution in [0.1, 0.15) is 47.6 Å². The molecule has 3 N–H and O–H groups in total. The van der Waals surface area contributed by atoms with Gasteiger partial charge in [0, 0.05) is 37.1 Å². The first-order chi connectivity index (χ1) is 19.5. The average molecular weight is 534 g/mol. The SMILES string of the molecule is CC(NC(=O)c1c(N)nn2cccnc12)c1nc2cccc(C#CC3CCOCC3)c2c(=O)n1-c1ccccc1. The number of aromatic nitrogens is 5. The van der Waals surface area contributed by atoms with Crippen LogP contribution >= 0.6 is 0 Å². The molecule has 0 spiro atoms. The van der Waals surface area contributed by atoms with E-state index in [9.17, 15) is 9.59 Å². The predicted molar refractivity (Wildman–Crippen MR) is 151 cm³/mol. The van der Waals surface area contributed by atoms with Crippen LogP contribution in [0, 0.1) is 17.8 Å². The van der Waals surface area contributed by atoms with Crippen molar-refractivity contribution in [1.29, 1.82) is 0 Å². The summed E-state index contributed by atoms with van der Waals surface area (Å²) in [6.07, 6.45) is 4.98. The normalized spacial score (nSPS) is 14.5. The van der Waals surface area contributed by atoms with Gasteiger partial charge in [-0.25, -0.2) is 14.5 Å². The Balaban J connectivity index is 1.45.